The van der Waals surface area contributed by atoms with E-state index in [1.165, 1.54) is 6.07 Å². The molecule has 0 N–H and O–H groups in total. The van der Waals surface area contributed by atoms with Crippen LogP contribution in [0.2, 0.25) is 0 Å². The van der Waals surface area contributed by atoms with Gasteiger partial charge in [0.05, 0.1) is 16.1 Å². The van der Waals surface area contributed by atoms with Crippen molar-refractivity contribution in [2.75, 3.05) is 0 Å². The second-order valence-electron chi connectivity index (χ2n) is 3.01. The predicted octanol–water partition coefficient (Wildman–Crippen LogP) is 2.33. The molecule has 0 saturated heterocycles. The van der Waals surface area contributed by atoms with Gasteiger partial charge in [0, 0.05) is 16.7 Å². The maximum Gasteiger partial charge on any atom is 0.279 e. The van der Waals surface area contributed by atoms with Crippen molar-refractivity contribution in [2.24, 2.45) is 0 Å². The number of benzene rings is 1. The highest BCUT2D eigenvalue weighted by Crippen LogP contribution is 2.34. The Balaban J connectivity index is 3.75. The molecule has 0 atom stereocenters. The largest absolute Gasteiger partial charge is 0.279 e. The van der Waals surface area contributed by atoms with E-state index in [4.69, 9.17) is 15.9 Å². The van der Waals surface area contributed by atoms with E-state index in [0.29, 0.717) is 12.1 Å². The van der Waals surface area contributed by atoms with Gasteiger partial charge in [-0.15, -0.1) is 0 Å². The minimum Gasteiger partial charge on any atom is -0.258 e. The van der Waals surface area contributed by atoms with Crippen molar-refractivity contribution in [1.29, 1.82) is 5.26 Å². The van der Waals surface area contributed by atoms with Crippen LogP contribution < -0.4 is 0 Å². The molecule has 0 amide bonds. The molecule has 96 valence electrons. The van der Waals surface area contributed by atoms with E-state index in [-0.39, 0.29) is 0 Å². The van der Waals surface area contributed by atoms with Crippen LogP contribution in [0.25, 0.3) is 0 Å². The summed E-state index contributed by atoms with van der Waals surface area (Å²) in [6, 6.07) is 2.14. The van der Waals surface area contributed by atoms with Gasteiger partial charge in [-0.2, -0.15) is 5.26 Å². The minimum absolute atomic E-state index is 0.350. The summed E-state index contributed by atoms with van der Waals surface area (Å²) < 4.78 is 47.2. The lowest BCUT2D eigenvalue weighted by molar-refractivity contribution is -0.386. The third-order valence-corrected chi connectivity index (χ3v) is 3.31. The topological polar surface area (TPSA) is 101 Å². The van der Waals surface area contributed by atoms with E-state index >= 15 is 0 Å². The van der Waals surface area contributed by atoms with Gasteiger partial charge in [0.2, 0.25) is 0 Å². The van der Waals surface area contributed by atoms with Crippen LogP contribution in [0.1, 0.15) is 17.6 Å². The molecule has 0 bridgehead atoms. The molecule has 6 nitrogen and oxygen atoms in total. The molecule has 0 aromatic heterocycles. The maximum absolute atomic E-state index is 12.5. The first-order chi connectivity index (χ1) is 8.18. The van der Waals surface area contributed by atoms with Crippen LogP contribution in [-0.4, -0.2) is 13.3 Å². The summed E-state index contributed by atoms with van der Waals surface area (Å²) in [6.45, 7) is 0. The molecule has 0 saturated carbocycles. The molecule has 10 heteroatoms. The van der Waals surface area contributed by atoms with Gasteiger partial charge in [0.1, 0.15) is 11.0 Å². The Morgan fingerprint density at radius 2 is 2.00 bits per heavy atom. The van der Waals surface area contributed by atoms with Crippen molar-refractivity contribution < 1.29 is 22.1 Å². The quantitative estimate of drug-likeness (QED) is 0.484. The highest BCUT2D eigenvalue weighted by Gasteiger charge is 2.28. The summed E-state index contributed by atoms with van der Waals surface area (Å²) in [4.78, 5) is 8.51. The van der Waals surface area contributed by atoms with Gasteiger partial charge in [-0.3, -0.25) is 10.1 Å². The molecule has 18 heavy (non-hydrogen) atoms. The molecule has 0 spiro atoms. The molecule has 0 radical (unpaired) electrons. The lowest BCUT2D eigenvalue weighted by Gasteiger charge is -2.05. The highest BCUT2D eigenvalue weighted by atomic mass is 35.7. The van der Waals surface area contributed by atoms with Gasteiger partial charge in [0.25, 0.3) is 21.2 Å². The van der Waals surface area contributed by atoms with Gasteiger partial charge in [-0.05, 0) is 6.07 Å². The van der Waals surface area contributed by atoms with Crippen LogP contribution in [-0.2, 0) is 9.05 Å². The smallest absolute Gasteiger partial charge is 0.258 e. The number of halogens is 3. The fourth-order valence-corrected chi connectivity index (χ4v) is 2.21. The third-order valence-electron chi connectivity index (χ3n) is 1.94. The number of alkyl halides is 2. The van der Waals surface area contributed by atoms with Crippen LogP contribution in [0.4, 0.5) is 14.5 Å². The van der Waals surface area contributed by atoms with Gasteiger partial charge in [-0.1, -0.05) is 0 Å². The zero-order valence-corrected chi connectivity index (χ0v) is 9.87. The Labute approximate surface area is 104 Å². The monoisotopic (exact) mass is 296 g/mol. The lowest BCUT2D eigenvalue weighted by atomic mass is 10.1. The predicted molar refractivity (Wildman–Crippen MR) is 55.8 cm³/mol. The molecule has 1 rings (SSSR count). The Morgan fingerprint density at radius 3 is 2.33 bits per heavy atom. The maximum atomic E-state index is 12.5. The minimum atomic E-state index is -4.44. The Morgan fingerprint density at radius 1 is 1.44 bits per heavy atom. The SMILES string of the molecule is N#Cc1cc(C(F)F)c([N+](=O)[O-])cc1S(=O)(=O)Cl. The fourth-order valence-electron chi connectivity index (χ4n) is 1.21. The van der Waals surface area contributed by atoms with E-state index in [9.17, 15) is 27.3 Å². The second kappa shape index (κ2) is 4.83. The highest BCUT2D eigenvalue weighted by molar-refractivity contribution is 8.13. The van der Waals surface area contributed by atoms with E-state index in [1.807, 2.05) is 0 Å². The van der Waals surface area contributed by atoms with Crippen molar-refractivity contribution in [3.8, 4) is 6.07 Å². The van der Waals surface area contributed by atoms with E-state index in [0.717, 1.165) is 0 Å². The van der Waals surface area contributed by atoms with E-state index in [2.05, 4.69) is 0 Å². The van der Waals surface area contributed by atoms with Crippen LogP contribution in [0.3, 0.4) is 0 Å². The second-order valence-corrected chi connectivity index (χ2v) is 5.55. The summed E-state index contributed by atoms with van der Waals surface area (Å²) in [5, 5.41) is 19.2. The molecule has 0 unspecified atom stereocenters. The average Bonchev–Trinajstić information content (AvgIpc) is 2.25. The normalized spacial score (nSPS) is 11.3. The van der Waals surface area contributed by atoms with E-state index < -0.39 is 42.1 Å². The number of nitriles is 1. The van der Waals surface area contributed by atoms with E-state index in [1.54, 1.807) is 0 Å². The zero-order chi connectivity index (χ0) is 14.1. The first-order valence-corrected chi connectivity index (χ1v) is 6.44. The van der Waals surface area contributed by atoms with Gasteiger partial charge in [0.15, 0.2) is 0 Å². The van der Waals surface area contributed by atoms with Gasteiger partial charge >= 0.3 is 0 Å². The van der Waals surface area contributed by atoms with Crippen LogP contribution in [0.5, 0.6) is 0 Å². The average molecular weight is 297 g/mol. The van der Waals surface area contributed by atoms with Crippen LogP contribution >= 0.6 is 10.7 Å². The number of hydrogen-bond acceptors (Lipinski definition) is 5. The lowest BCUT2D eigenvalue weighted by Crippen LogP contribution is -2.02. The molecule has 0 heterocycles. The molecule has 1 aromatic rings. The summed E-state index contributed by atoms with van der Waals surface area (Å²) in [7, 11) is 0.518. The van der Waals surface area contributed by atoms with Gasteiger partial charge < -0.3 is 0 Å². The number of rotatable bonds is 3. The number of nitro benzene ring substituents is 1. The summed E-state index contributed by atoms with van der Waals surface area (Å²) >= 11 is 0. The zero-order valence-electron chi connectivity index (χ0n) is 8.30. The number of nitrogens with zero attached hydrogens (tertiary/aromatic N) is 2. The molecule has 0 fully saturated rings. The van der Waals surface area contributed by atoms with Crippen LogP contribution in [0.15, 0.2) is 17.0 Å². The van der Waals surface area contributed by atoms with Crippen molar-refractivity contribution >= 4 is 25.4 Å². The Bertz CT molecular complexity index is 654. The van der Waals surface area contributed by atoms with Crippen molar-refractivity contribution in [1.82, 2.24) is 0 Å². The van der Waals surface area contributed by atoms with Crippen LogP contribution in [0, 0.1) is 21.4 Å². The first-order valence-electron chi connectivity index (χ1n) is 4.13. The summed E-state index contributed by atoms with van der Waals surface area (Å²) in [5.41, 5.74) is -2.82. The Kier molecular flexibility index (Phi) is 3.83. The van der Waals surface area contributed by atoms with Crippen molar-refractivity contribution in [3.05, 3.63) is 33.4 Å². The standard InChI is InChI=1S/C8H3ClF2N2O4S/c9-18(16,17)7-2-6(13(14)15)5(8(10)11)1-4(7)3-12/h1-2,8H. The third kappa shape index (κ3) is 2.72. The first kappa shape index (κ1) is 14.3. The molecule has 0 aliphatic rings. The molecular weight excluding hydrogens is 294 g/mol. The molecule has 0 aliphatic carbocycles. The molecule has 0 aliphatic heterocycles. The fraction of sp³-hybridized carbons (Fsp3) is 0.125. The summed E-state index contributed by atoms with van der Waals surface area (Å²) in [6.07, 6.45) is -3.22. The summed E-state index contributed by atoms with van der Waals surface area (Å²) in [5.74, 6) is 0. The van der Waals surface area contributed by atoms with Crippen molar-refractivity contribution in [3.63, 3.8) is 0 Å². The molecular formula is C8H3ClF2N2O4S. The van der Waals surface area contributed by atoms with Gasteiger partial charge in [-0.25, -0.2) is 17.2 Å². The van der Waals surface area contributed by atoms with Crippen molar-refractivity contribution in [2.45, 2.75) is 11.3 Å². The Hall–Kier alpha value is -1.79. The number of hydrogen-bond donors (Lipinski definition) is 0. The number of nitro groups is 1. The molecule has 1 aromatic carbocycles.